The maximum Gasteiger partial charge on any atom is 0.420 e. The topological polar surface area (TPSA) is 48.1 Å². The summed E-state index contributed by atoms with van der Waals surface area (Å²) in [4.78, 5) is 4.21. The molecule has 0 amide bonds. The van der Waals surface area contributed by atoms with Crippen LogP contribution in [-0.4, -0.2) is 11.1 Å². The third kappa shape index (κ3) is 4.37. The standard InChI is InChI=1S/C21H27F3N2O/c1-20(2,3)13-4-7-15(8-5-13)27-18-11-10-17-16(19(18)21(22,23)24)9-6-14(12-25)26-17/h6,9-11,13,15H,4-5,7-8,12,25H2,1-3H3. The lowest BCUT2D eigenvalue weighted by molar-refractivity contribution is -0.138. The van der Waals surface area contributed by atoms with Crippen molar-refractivity contribution in [3.05, 3.63) is 35.5 Å². The molecule has 148 valence electrons. The van der Waals surface area contributed by atoms with Crippen molar-refractivity contribution in [1.82, 2.24) is 4.98 Å². The van der Waals surface area contributed by atoms with E-state index in [9.17, 15) is 13.2 Å². The molecular formula is C21H27F3N2O. The molecule has 0 atom stereocenters. The van der Waals surface area contributed by atoms with Crippen LogP contribution in [0.2, 0.25) is 0 Å². The summed E-state index contributed by atoms with van der Waals surface area (Å²) in [5.41, 5.74) is 5.87. The number of nitrogens with two attached hydrogens (primary N) is 1. The van der Waals surface area contributed by atoms with Crippen LogP contribution in [0.3, 0.4) is 0 Å². The molecule has 0 radical (unpaired) electrons. The van der Waals surface area contributed by atoms with Crippen LogP contribution < -0.4 is 10.5 Å². The lowest BCUT2D eigenvalue weighted by atomic mass is 9.72. The molecule has 0 unspecified atom stereocenters. The summed E-state index contributed by atoms with van der Waals surface area (Å²) in [5, 5.41) is 0.0561. The minimum Gasteiger partial charge on any atom is -0.490 e. The highest BCUT2D eigenvalue weighted by Crippen LogP contribution is 2.43. The Hall–Kier alpha value is -1.82. The number of nitrogens with zero attached hydrogens (tertiary/aromatic N) is 1. The van der Waals surface area contributed by atoms with Crippen molar-refractivity contribution in [2.75, 3.05) is 0 Å². The van der Waals surface area contributed by atoms with Gasteiger partial charge in [0.15, 0.2) is 0 Å². The first-order valence-corrected chi connectivity index (χ1v) is 9.46. The Morgan fingerprint density at radius 2 is 1.70 bits per heavy atom. The predicted molar refractivity (Wildman–Crippen MR) is 100 cm³/mol. The van der Waals surface area contributed by atoms with Crippen LogP contribution in [0.5, 0.6) is 5.75 Å². The molecule has 1 heterocycles. The fourth-order valence-corrected chi connectivity index (χ4v) is 3.96. The van der Waals surface area contributed by atoms with E-state index in [4.69, 9.17) is 10.5 Å². The molecule has 0 bridgehead atoms. The SMILES string of the molecule is CC(C)(C)C1CCC(Oc2ccc3nc(CN)ccc3c2C(F)(F)F)CC1. The first-order valence-electron chi connectivity index (χ1n) is 9.46. The molecular weight excluding hydrogens is 353 g/mol. The molecule has 2 aromatic rings. The van der Waals surface area contributed by atoms with Crippen LogP contribution in [0, 0.1) is 11.3 Å². The van der Waals surface area contributed by atoms with Gasteiger partial charge in [-0.1, -0.05) is 26.8 Å². The maximum absolute atomic E-state index is 13.8. The Balaban J connectivity index is 1.89. The summed E-state index contributed by atoms with van der Waals surface area (Å²) in [6.07, 6.45) is -1.18. The molecule has 0 aliphatic heterocycles. The van der Waals surface area contributed by atoms with Crippen LogP contribution in [0.25, 0.3) is 10.9 Å². The number of alkyl halides is 3. The van der Waals surface area contributed by atoms with Gasteiger partial charge in [0, 0.05) is 11.9 Å². The molecule has 2 N–H and O–H groups in total. The molecule has 6 heteroatoms. The average Bonchev–Trinajstić information content (AvgIpc) is 2.59. The summed E-state index contributed by atoms with van der Waals surface area (Å²) in [5.74, 6) is 0.478. The van der Waals surface area contributed by atoms with Crippen LogP contribution in [0.4, 0.5) is 13.2 Å². The van der Waals surface area contributed by atoms with E-state index in [0.29, 0.717) is 11.6 Å². The van der Waals surface area contributed by atoms with Gasteiger partial charge in [0.1, 0.15) is 11.3 Å². The number of aromatic nitrogens is 1. The average molecular weight is 380 g/mol. The molecule has 0 saturated heterocycles. The summed E-state index contributed by atoms with van der Waals surface area (Å²) in [6.45, 7) is 6.83. The number of ether oxygens (including phenoxy) is 1. The van der Waals surface area contributed by atoms with Gasteiger partial charge in [0.05, 0.1) is 17.3 Å². The lowest BCUT2D eigenvalue weighted by Crippen LogP contribution is -2.31. The quantitative estimate of drug-likeness (QED) is 0.743. The van der Waals surface area contributed by atoms with E-state index >= 15 is 0 Å². The Morgan fingerprint density at radius 1 is 1.04 bits per heavy atom. The molecule has 1 saturated carbocycles. The zero-order valence-electron chi connectivity index (χ0n) is 16.1. The molecule has 1 aromatic carbocycles. The summed E-state index contributed by atoms with van der Waals surface area (Å²) in [7, 11) is 0. The Bertz CT molecular complexity index is 803. The van der Waals surface area contributed by atoms with Crippen LogP contribution in [0.15, 0.2) is 24.3 Å². The lowest BCUT2D eigenvalue weighted by Gasteiger charge is -2.37. The molecule has 27 heavy (non-hydrogen) atoms. The van der Waals surface area contributed by atoms with E-state index in [1.807, 2.05) is 0 Å². The van der Waals surface area contributed by atoms with Gasteiger partial charge < -0.3 is 10.5 Å². The third-order valence-electron chi connectivity index (χ3n) is 5.58. The van der Waals surface area contributed by atoms with Crippen molar-refractivity contribution < 1.29 is 17.9 Å². The number of hydrogen-bond acceptors (Lipinski definition) is 3. The highest BCUT2D eigenvalue weighted by molar-refractivity contribution is 5.85. The normalized spacial score (nSPS) is 21.4. The number of benzene rings is 1. The van der Waals surface area contributed by atoms with Crippen molar-refractivity contribution >= 4 is 10.9 Å². The monoisotopic (exact) mass is 380 g/mol. The number of pyridine rings is 1. The van der Waals surface area contributed by atoms with Gasteiger partial charge in [-0.3, -0.25) is 4.98 Å². The second kappa shape index (κ2) is 7.30. The Morgan fingerprint density at radius 3 is 2.26 bits per heavy atom. The van der Waals surface area contributed by atoms with Crippen molar-refractivity contribution in [2.45, 2.75) is 65.3 Å². The molecule has 3 rings (SSSR count). The van der Waals surface area contributed by atoms with Gasteiger partial charge in [0.25, 0.3) is 0 Å². The minimum atomic E-state index is -4.51. The first kappa shape index (κ1) is 19.9. The second-order valence-corrected chi connectivity index (χ2v) is 8.47. The summed E-state index contributed by atoms with van der Waals surface area (Å²) >= 11 is 0. The van der Waals surface area contributed by atoms with E-state index in [1.54, 1.807) is 6.07 Å². The number of fused-ring (bicyclic) bond motifs is 1. The van der Waals surface area contributed by atoms with E-state index in [-0.39, 0.29) is 34.7 Å². The van der Waals surface area contributed by atoms with E-state index in [2.05, 4.69) is 25.8 Å². The van der Waals surface area contributed by atoms with Crippen molar-refractivity contribution in [1.29, 1.82) is 0 Å². The Kier molecular flexibility index (Phi) is 5.39. The van der Waals surface area contributed by atoms with E-state index in [1.165, 1.54) is 18.2 Å². The van der Waals surface area contributed by atoms with E-state index < -0.39 is 11.7 Å². The molecule has 3 nitrogen and oxygen atoms in total. The first-order chi connectivity index (χ1) is 12.6. The van der Waals surface area contributed by atoms with Crippen LogP contribution >= 0.6 is 0 Å². The fourth-order valence-electron chi connectivity index (χ4n) is 3.96. The van der Waals surface area contributed by atoms with Gasteiger partial charge in [-0.25, -0.2) is 0 Å². The van der Waals surface area contributed by atoms with Crippen molar-refractivity contribution in [3.8, 4) is 5.75 Å². The molecule has 1 aliphatic rings. The van der Waals surface area contributed by atoms with Gasteiger partial charge in [-0.15, -0.1) is 0 Å². The number of rotatable bonds is 3. The van der Waals surface area contributed by atoms with Gasteiger partial charge >= 0.3 is 6.18 Å². The van der Waals surface area contributed by atoms with Crippen LogP contribution in [0.1, 0.15) is 57.7 Å². The van der Waals surface area contributed by atoms with Crippen LogP contribution in [-0.2, 0) is 12.7 Å². The number of hydrogen-bond donors (Lipinski definition) is 1. The van der Waals surface area contributed by atoms with E-state index in [0.717, 1.165) is 25.7 Å². The fraction of sp³-hybridized carbons (Fsp3) is 0.571. The van der Waals surface area contributed by atoms with Crippen molar-refractivity contribution in [3.63, 3.8) is 0 Å². The molecule has 1 aliphatic carbocycles. The smallest absolute Gasteiger partial charge is 0.420 e. The molecule has 0 spiro atoms. The maximum atomic E-state index is 13.8. The Labute approximate surface area is 158 Å². The van der Waals surface area contributed by atoms with Gasteiger partial charge in [0.2, 0.25) is 0 Å². The van der Waals surface area contributed by atoms with Gasteiger partial charge in [-0.2, -0.15) is 13.2 Å². The van der Waals surface area contributed by atoms with Crippen molar-refractivity contribution in [2.24, 2.45) is 17.1 Å². The van der Waals surface area contributed by atoms with Gasteiger partial charge in [-0.05, 0) is 55.2 Å². The highest BCUT2D eigenvalue weighted by Gasteiger charge is 2.38. The highest BCUT2D eigenvalue weighted by atomic mass is 19.4. The zero-order valence-corrected chi connectivity index (χ0v) is 16.1. The zero-order chi connectivity index (χ0) is 19.8. The predicted octanol–water partition coefficient (Wildman–Crippen LogP) is 5.70. The number of halogens is 3. The largest absolute Gasteiger partial charge is 0.490 e. The third-order valence-corrected chi connectivity index (χ3v) is 5.58. The molecule has 1 fully saturated rings. The summed E-state index contributed by atoms with van der Waals surface area (Å²) in [6, 6.07) is 5.96. The summed E-state index contributed by atoms with van der Waals surface area (Å²) < 4.78 is 47.3. The minimum absolute atomic E-state index is 0.0561. The molecule has 1 aromatic heterocycles. The second-order valence-electron chi connectivity index (χ2n) is 8.47.